The van der Waals surface area contributed by atoms with E-state index in [0.29, 0.717) is 24.3 Å². The number of carbonyl (C=O) groups excluding carboxylic acids is 1. The monoisotopic (exact) mass is 226 g/mol. The first-order valence-electron chi connectivity index (χ1n) is 6.60. The molecule has 1 aliphatic rings. The first kappa shape index (κ1) is 13.5. The molecule has 1 rings (SSSR count). The molecule has 1 fully saturated rings. The first-order chi connectivity index (χ1) is 7.58. The molecule has 3 nitrogen and oxygen atoms in total. The van der Waals surface area contributed by atoms with E-state index in [2.05, 4.69) is 32.6 Å². The van der Waals surface area contributed by atoms with Gasteiger partial charge in [0.05, 0.1) is 0 Å². The van der Waals surface area contributed by atoms with Gasteiger partial charge in [-0.3, -0.25) is 9.69 Å². The van der Waals surface area contributed by atoms with Crippen molar-refractivity contribution in [3.63, 3.8) is 0 Å². The molecule has 0 radical (unpaired) electrons. The van der Waals surface area contributed by atoms with E-state index in [-0.39, 0.29) is 0 Å². The van der Waals surface area contributed by atoms with E-state index in [1.807, 2.05) is 4.90 Å². The Labute approximate surface area is 99.8 Å². The summed E-state index contributed by atoms with van der Waals surface area (Å²) in [5.74, 6) is 0.810. The van der Waals surface area contributed by atoms with Crippen LogP contribution in [0.25, 0.3) is 0 Å². The summed E-state index contributed by atoms with van der Waals surface area (Å²) in [6.07, 6.45) is 1.84. The van der Waals surface area contributed by atoms with Crippen molar-refractivity contribution in [3.05, 3.63) is 0 Å². The van der Waals surface area contributed by atoms with Gasteiger partial charge in [0.15, 0.2) is 0 Å². The van der Waals surface area contributed by atoms with Gasteiger partial charge in [-0.15, -0.1) is 0 Å². The summed E-state index contributed by atoms with van der Waals surface area (Å²) in [4.78, 5) is 16.4. The minimum atomic E-state index is 0.338. The molecule has 1 atom stereocenters. The molecule has 94 valence electrons. The molecule has 1 saturated heterocycles. The second kappa shape index (κ2) is 6.24. The standard InChI is InChI=1S/C13H26N2O/c1-5-14(6-2)12-7-8-15(10-12)13(16)9-11(3)4/h11-12H,5-10H2,1-4H3. The van der Waals surface area contributed by atoms with Gasteiger partial charge in [-0.2, -0.15) is 0 Å². The van der Waals surface area contributed by atoms with Crippen LogP contribution in [0.1, 0.15) is 40.5 Å². The van der Waals surface area contributed by atoms with Crippen LogP contribution in [0.15, 0.2) is 0 Å². The van der Waals surface area contributed by atoms with Crippen molar-refractivity contribution in [1.29, 1.82) is 0 Å². The Morgan fingerprint density at radius 2 is 2.00 bits per heavy atom. The van der Waals surface area contributed by atoms with E-state index in [1.54, 1.807) is 0 Å². The van der Waals surface area contributed by atoms with E-state index < -0.39 is 0 Å². The van der Waals surface area contributed by atoms with E-state index in [1.165, 1.54) is 0 Å². The van der Waals surface area contributed by atoms with Gasteiger partial charge in [0.1, 0.15) is 0 Å². The number of hydrogen-bond acceptors (Lipinski definition) is 2. The van der Waals surface area contributed by atoms with Crippen LogP contribution in [0.3, 0.4) is 0 Å². The number of hydrogen-bond donors (Lipinski definition) is 0. The topological polar surface area (TPSA) is 23.6 Å². The summed E-state index contributed by atoms with van der Waals surface area (Å²) in [7, 11) is 0. The molecular weight excluding hydrogens is 200 g/mol. The summed E-state index contributed by atoms with van der Waals surface area (Å²) in [6.45, 7) is 12.7. The highest BCUT2D eigenvalue weighted by molar-refractivity contribution is 5.76. The van der Waals surface area contributed by atoms with Crippen LogP contribution in [-0.4, -0.2) is 47.9 Å². The molecule has 1 aliphatic heterocycles. The van der Waals surface area contributed by atoms with Crippen molar-refractivity contribution in [2.45, 2.75) is 46.6 Å². The van der Waals surface area contributed by atoms with E-state index >= 15 is 0 Å². The Morgan fingerprint density at radius 1 is 1.38 bits per heavy atom. The van der Waals surface area contributed by atoms with Crippen molar-refractivity contribution >= 4 is 5.91 Å². The van der Waals surface area contributed by atoms with E-state index in [4.69, 9.17) is 0 Å². The third-order valence-electron chi connectivity index (χ3n) is 3.43. The molecule has 1 unspecified atom stereocenters. The Hall–Kier alpha value is -0.570. The van der Waals surface area contributed by atoms with Crippen molar-refractivity contribution < 1.29 is 4.79 Å². The summed E-state index contributed by atoms with van der Waals surface area (Å²) < 4.78 is 0. The summed E-state index contributed by atoms with van der Waals surface area (Å²) in [5, 5.41) is 0. The van der Waals surface area contributed by atoms with Crippen LogP contribution >= 0.6 is 0 Å². The molecule has 1 heterocycles. The van der Waals surface area contributed by atoms with E-state index in [9.17, 15) is 4.79 Å². The second-order valence-electron chi connectivity index (χ2n) is 5.10. The minimum Gasteiger partial charge on any atom is -0.341 e. The Kier molecular flexibility index (Phi) is 5.26. The van der Waals surface area contributed by atoms with Crippen LogP contribution in [0.4, 0.5) is 0 Å². The maximum Gasteiger partial charge on any atom is 0.222 e. The van der Waals surface area contributed by atoms with Crippen molar-refractivity contribution in [2.24, 2.45) is 5.92 Å². The SMILES string of the molecule is CCN(CC)C1CCN(C(=O)CC(C)C)C1. The van der Waals surface area contributed by atoms with Gasteiger partial charge in [0.25, 0.3) is 0 Å². The van der Waals surface area contributed by atoms with Crippen molar-refractivity contribution in [2.75, 3.05) is 26.2 Å². The maximum absolute atomic E-state index is 11.9. The largest absolute Gasteiger partial charge is 0.341 e. The molecule has 0 aliphatic carbocycles. The summed E-state index contributed by atoms with van der Waals surface area (Å²) in [6, 6.07) is 0.589. The van der Waals surface area contributed by atoms with Gasteiger partial charge in [-0.05, 0) is 25.4 Å². The van der Waals surface area contributed by atoms with Crippen LogP contribution in [0, 0.1) is 5.92 Å². The molecule has 0 saturated carbocycles. The summed E-state index contributed by atoms with van der Waals surface area (Å²) in [5.41, 5.74) is 0. The zero-order valence-electron chi connectivity index (χ0n) is 11.2. The molecular formula is C13H26N2O. The lowest BCUT2D eigenvalue weighted by Crippen LogP contribution is -2.38. The first-order valence-corrected chi connectivity index (χ1v) is 6.60. The van der Waals surface area contributed by atoms with Gasteiger partial charge >= 0.3 is 0 Å². The van der Waals surface area contributed by atoms with Crippen LogP contribution in [-0.2, 0) is 4.79 Å². The lowest BCUT2D eigenvalue weighted by Gasteiger charge is -2.26. The number of carbonyl (C=O) groups is 1. The highest BCUT2D eigenvalue weighted by Gasteiger charge is 2.28. The van der Waals surface area contributed by atoms with Gasteiger partial charge in [-0.1, -0.05) is 27.7 Å². The molecule has 0 aromatic rings. The van der Waals surface area contributed by atoms with Crippen LogP contribution < -0.4 is 0 Å². The molecule has 0 aromatic heterocycles. The quantitative estimate of drug-likeness (QED) is 0.715. The van der Waals surface area contributed by atoms with Crippen molar-refractivity contribution in [3.8, 4) is 0 Å². The molecule has 0 aromatic carbocycles. The zero-order valence-corrected chi connectivity index (χ0v) is 11.2. The molecule has 0 N–H and O–H groups in total. The van der Waals surface area contributed by atoms with E-state index in [0.717, 1.165) is 32.6 Å². The average molecular weight is 226 g/mol. The lowest BCUT2D eigenvalue weighted by molar-refractivity contribution is -0.131. The third-order valence-corrected chi connectivity index (χ3v) is 3.43. The fourth-order valence-electron chi connectivity index (χ4n) is 2.48. The Balaban J connectivity index is 2.42. The predicted octanol–water partition coefficient (Wildman–Crippen LogP) is 1.98. The highest BCUT2D eigenvalue weighted by atomic mass is 16.2. The number of amides is 1. The second-order valence-corrected chi connectivity index (χ2v) is 5.10. The molecule has 16 heavy (non-hydrogen) atoms. The third kappa shape index (κ3) is 3.48. The number of likely N-dealkylation sites (N-methyl/N-ethyl adjacent to an activating group) is 1. The summed E-state index contributed by atoms with van der Waals surface area (Å²) >= 11 is 0. The Morgan fingerprint density at radius 3 is 2.50 bits per heavy atom. The highest BCUT2D eigenvalue weighted by Crippen LogP contribution is 2.17. The molecule has 0 bridgehead atoms. The Bertz CT molecular complexity index is 224. The van der Waals surface area contributed by atoms with Gasteiger partial charge in [0, 0.05) is 25.6 Å². The lowest BCUT2D eigenvalue weighted by atomic mass is 10.1. The van der Waals surface area contributed by atoms with Gasteiger partial charge < -0.3 is 4.90 Å². The average Bonchev–Trinajstić information content (AvgIpc) is 2.68. The van der Waals surface area contributed by atoms with Gasteiger partial charge in [-0.25, -0.2) is 0 Å². The predicted molar refractivity (Wildman–Crippen MR) is 67.4 cm³/mol. The minimum absolute atomic E-state index is 0.338. The fourth-order valence-corrected chi connectivity index (χ4v) is 2.48. The zero-order chi connectivity index (χ0) is 12.1. The number of nitrogens with zero attached hydrogens (tertiary/aromatic N) is 2. The van der Waals surface area contributed by atoms with Crippen molar-refractivity contribution in [1.82, 2.24) is 9.80 Å². The molecule has 0 spiro atoms. The van der Waals surface area contributed by atoms with Gasteiger partial charge in [0.2, 0.25) is 5.91 Å². The number of likely N-dealkylation sites (tertiary alicyclic amines) is 1. The normalized spacial score (nSPS) is 21.1. The maximum atomic E-state index is 11.9. The fraction of sp³-hybridized carbons (Fsp3) is 0.923. The van der Waals surface area contributed by atoms with Crippen LogP contribution in [0.5, 0.6) is 0 Å². The number of rotatable bonds is 5. The molecule has 3 heteroatoms. The smallest absolute Gasteiger partial charge is 0.222 e. The molecule has 1 amide bonds. The van der Waals surface area contributed by atoms with Crippen LogP contribution in [0.2, 0.25) is 0 Å².